The molecule has 2 aliphatic heterocycles. The summed E-state index contributed by atoms with van der Waals surface area (Å²) in [4.78, 5) is 41.7. The van der Waals surface area contributed by atoms with Crippen LogP contribution < -0.4 is 0 Å². The molecular formula is C27H33N5O6. The molecule has 1 saturated carbocycles. The number of benzene rings is 1. The normalized spacial score (nSPS) is 20.5. The van der Waals surface area contributed by atoms with Gasteiger partial charge < -0.3 is 14.1 Å². The monoisotopic (exact) mass is 523 g/mol. The van der Waals surface area contributed by atoms with Crippen LogP contribution in [0.1, 0.15) is 49.5 Å². The fourth-order valence-electron chi connectivity index (χ4n) is 5.41. The van der Waals surface area contributed by atoms with E-state index in [4.69, 9.17) is 9.15 Å². The van der Waals surface area contributed by atoms with Crippen molar-refractivity contribution in [3.63, 3.8) is 0 Å². The largest absolute Gasteiger partial charge is 0.467 e. The minimum absolute atomic E-state index is 0.0100. The van der Waals surface area contributed by atoms with E-state index in [0.29, 0.717) is 49.8 Å². The summed E-state index contributed by atoms with van der Waals surface area (Å²) in [5, 5.41) is 17.1. The van der Waals surface area contributed by atoms with Crippen molar-refractivity contribution in [2.24, 2.45) is 11.0 Å². The van der Waals surface area contributed by atoms with Gasteiger partial charge in [0.25, 0.3) is 11.6 Å². The highest BCUT2D eigenvalue weighted by molar-refractivity contribution is 6.03. The third kappa shape index (κ3) is 5.94. The van der Waals surface area contributed by atoms with Gasteiger partial charge in [0.05, 0.1) is 30.1 Å². The first kappa shape index (κ1) is 26.1. The van der Waals surface area contributed by atoms with Crippen molar-refractivity contribution in [3.05, 3.63) is 64.1 Å². The highest BCUT2D eigenvalue weighted by Crippen LogP contribution is 2.34. The number of ether oxygens (including phenoxy) is 1. The van der Waals surface area contributed by atoms with Gasteiger partial charge in [0.2, 0.25) is 5.91 Å². The third-order valence-electron chi connectivity index (χ3n) is 7.58. The van der Waals surface area contributed by atoms with Crippen LogP contribution in [0.5, 0.6) is 0 Å². The smallest absolute Gasteiger partial charge is 0.269 e. The molecule has 11 heteroatoms. The van der Waals surface area contributed by atoms with E-state index in [2.05, 4.69) is 10.0 Å². The predicted molar refractivity (Wildman–Crippen MR) is 138 cm³/mol. The number of carbonyl (C=O) groups is 2. The summed E-state index contributed by atoms with van der Waals surface area (Å²) in [6, 6.07) is 9.25. The van der Waals surface area contributed by atoms with Crippen LogP contribution in [-0.4, -0.2) is 83.2 Å². The summed E-state index contributed by atoms with van der Waals surface area (Å²) in [6.07, 6.45) is 5.76. The summed E-state index contributed by atoms with van der Waals surface area (Å²) in [7, 11) is 0. The number of hydrazone groups is 1. The van der Waals surface area contributed by atoms with Crippen LogP contribution in [0, 0.1) is 16.0 Å². The van der Waals surface area contributed by atoms with Gasteiger partial charge in [0.15, 0.2) is 0 Å². The summed E-state index contributed by atoms with van der Waals surface area (Å²) < 4.78 is 11.1. The van der Waals surface area contributed by atoms with Gasteiger partial charge in [-0.3, -0.25) is 24.6 Å². The third-order valence-corrected chi connectivity index (χ3v) is 7.58. The summed E-state index contributed by atoms with van der Waals surface area (Å²) in [5.74, 6) is 0.321. The number of morpholine rings is 1. The average Bonchev–Trinajstić information content (AvgIpc) is 3.73. The van der Waals surface area contributed by atoms with Crippen LogP contribution in [0.15, 0.2) is 52.2 Å². The number of carbonyl (C=O) groups excluding carboxylic acids is 2. The molecule has 11 nitrogen and oxygen atoms in total. The van der Waals surface area contributed by atoms with Crippen molar-refractivity contribution in [1.29, 1.82) is 0 Å². The lowest BCUT2D eigenvalue weighted by Crippen LogP contribution is -2.47. The Morgan fingerprint density at radius 3 is 2.50 bits per heavy atom. The van der Waals surface area contributed by atoms with Crippen molar-refractivity contribution in [3.8, 4) is 0 Å². The zero-order valence-corrected chi connectivity index (χ0v) is 21.4. The van der Waals surface area contributed by atoms with E-state index in [0.717, 1.165) is 38.8 Å². The molecule has 0 radical (unpaired) electrons. The maximum Gasteiger partial charge on any atom is 0.269 e. The Kier molecular flexibility index (Phi) is 8.14. The fraction of sp³-hybridized carbons (Fsp3) is 0.519. The number of hydrogen-bond acceptors (Lipinski definition) is 8. The minimum atomic E-state index is -0.453. The van der Waals surface area contributed by atoms with Crippen molar-refractivity contribution < 1.29 is 23.7 Å². The molecule has 1 atom stereocenters. The predicted octanol–water partition coefficient (Wildman–Crippen LogP) is 3.22. The quantitative estimate of drug-likeness (QED) is 0.365. The second-order valence-corrected chi connectivity index (χ2v) is 10.0. The van der Waals surface area contributed by atoms with Gasteiger partial charge >= 0.3 is 0 Å². The molecule has 0 bridgehead atoms. The lowest BCUT2D eigenvalue weighted by molar-refractivity contribution is -0.384. The number of nitrogens with zero attached hydrogens (tertiary/aromatic N) is 5. The standard InChI is InChI=1S/C27H33N5O6/c33-26(19-30(27(34)21-4-1-2-5-21)12-11-29-13-16-37-17-14-29)31-24(25-6-3-15-38-25)18-23(28-31)20-7-9-22(10-8-20)32(35)36/h3,6-10,15,21,24H,1-2,4-5,11-14,16-19H2/t24-/m0/s1. The molecule has 3 heterocycles. The number of nitro benzene ring substituents is 1. The van der Waals surface area contributed by atoms with E-state index in [1.165, 1.54) is 17.1 Å². The molecule has 0 spiro atoms. The molecule has 0 unspecified atom stereocenters. The van der Waals surface area contributed by atoms with E-state index in [9.17, 15) is 19.7 Å². The zero-order valence-electron chi connectivity index (χ0n) is 21.4. The molecule has 2 fully saturated rings. The SMILES string of the molecule is O=C(C1CCCC1)N(CCN1CCOCC1)CC(=O)N1N=C(c2ccc([N+](=O)[O-])cc2)C[C@H]1c1ccco1. The van der Waals surface area contributed by atoms with E-state index in [1.54, 1.807) is 35.4 Å². The Labute approximate surface area is 221 Å². The molecule has 5 rings (SSSR count). The number of furan rings is 1. The number of amides is 2. The average molecular weight is 524 g/mol. The van der Waals surface area contributed by atoms with E-state index in [1.807, 2.05) is 0 Å². The highest BCUT2D eigenvalue weighted by atomic mass is 16.6. The van der Waals surface area contributed by atoms with Gasteiger partial charge in [-0.1, -0.05) is 12.8 Å². The summed E-state index contributed by atoms with van der Waals surface area (Å²) >= 11 is 0. The molecule has 2 aromatic rings. The van der Waals surface area contributed by atoms with Crippen LogP contribution in [0.4, 0.5) is 5.69 Å². The molecule has 38 heavy (non-hydrogen) atoms. The van der Waals surface area contributed by atoms with Crippen LogP contribution in [0.3, 0.4) is 0 Å². The number of rotatable bonds is 9. The lowest BCUT2D eigenvalue weighted by Gasteiger charge is -2.32. The first-order valence-corrected chi connectivity index (χ1v) is 13.3. The Hall–Kier alpha value is -3.57. The van der Waals surface area contributed by atoms with Crippen molar-refractivity contribution in [1.82, 2.24) is 14.8 Å². The second-order valence-electron chi connectivity index (χ2n) is 10.0. The Morgan fingerprint density at radius 1 is 1.11 bits per heavy atom. The Bertz CT molecular complexity index is 1150. The van der Waals surface area contributed by atoms with E-state index < -0.39 is 11.0 Å². The first-order chi connectivity index (χ1) is 18.5. The molecule has 1 saturated heterocycles. The van der Waals surface area contributed by atoms with Gasteiger partial charge in [-0.2, -0.15) is 5.10 Å². The zero-order chi connectivity index (χ0) is 26.5. The van der Waals surface area contributed by atoms with Crippen LogP contribution >= 0.6 is 0 Å². The maximum atomic E-state index is 13.7. The van der Waals surface area contributed by atoms with Crippen LogP contribution in [0.2, 0.25) is 0 Å². The lowest BCUT2D eigenvalue weighted by atomic mass is 10.0. The van der Waals surface area contributed by atoms with E-state index >= 15 is 0 Å². The number of nitro groups is 1. The summed E-state index contributed by atoms with van der Waals surface area (Å²) in [6.45, 7) is 4.08. The molecule has 0 N–H and O–H groups in total. The minimum Gasteiger partial charge on any atom is -0.467 e. The molecule has 1 aliphatic carbocycles. The van der Waals surface area contributed by atoms with E-state index in [-0.39, 0.29) is 30.0 Å². The van der Waals surface area contributed by atoms with Crippen LogP contribution in [-0.2, 0) is 14.3 Å². The van der Waals surface area contributed by atoms with Gasteiger partial charge in [0.1, 0.15) is 18.3 Å². The molecule has 2 amide bonds. The van der Waals surface area contributed by atoms with Gasteiger partial charge in [0, 0.05) is 50.7 Å². The van der Waals surface area contributed by atoms with Gasteiger partial charge in [-0.15, -0.1) is 0 Å². The first-order valence-electron chi connectivity index (χ1n) is 13.3. The number of hydrogen-bond donors (Lipinski definition) is 0. The van der Waals surface area contributed by atoms with Gasteiger partial charge in [-0.05, 0) is 42.7 Å². The Balaban J connectivity index is 1.35. The number of non-ortho nitro benzene ring substituents is 1. The van der Waals surface area contributed by atoms with Crippen molar-refractivity contribution >= 4 is 23.2 Å². The molecule has 1 aromatic heterocycles. The molecular weight excluding hydrogens is 490 g/mol. The fourth-order valence-corrected chi connectivity index (χ4v) is 5.41. The maximum absolute atomic E-state index is 13.7. The summed E-state index contributed by atoms with van der Waals surface area (Å²) in [5.41, 5.74) is 1.33. The second kappa shape index (κ2) is 11.9. The van der Waals surface area contributed by atoms with Crippen molar-refractivity contribution in [2.75, 3.05) is 45.9 Å². The Morgan fingerprint density at radius 2 is 1.84 bits per heavy atom. The highest BCUT2D eigenvalue weighted by Gasteiger charge is 2.37. The molecule has 202 valence electrons. The van der Waals surface area contributed by atoms with Gasteiger partial charge in [-0.25, -0.2) is 5.01 Å². The van der Waals surface area contributed by atoms with Crippen molar-refractivity contribution in [2.45, 2.75) is 38.1 Å². The topological polar surface area (TPSA) is 122 Å². The molecule has 3 aliphatic rings. The van der Waals surface area contributed by atoms with Crippen LogP contribution in [0.25, 0.3) is 0 Å². The molecule has 1 aromatic carbocycles.